The van der Waals surface area contributed by atoms with Crippen molar-refractivity contribution in [2.75, 3.05) is 20.3 Å². The van der Waals surface area contributed by atoms with Gasteiger partial charge in [-0.05, 0) is 30.5 Å². The minimum absolute atomic E-state index is 0.0865. The highest BCUT2D eigenvalue weighted by Gasteiger charge is 2.35. The zero-order chi connectivity index (χ0) is 17.7. The summed E-state index contributed by atoms with van der Waals surface area (Å²) >= 11 is 0. The fourth-order valence-corrected chi connectivity index (χ4v) is 2.24. The fraction of sp³-hybridized carbons (Fsp3) is 0.533. The molecule has 130 valence electrons. The van der Waals surface area contributed by atoms with Crippen LogP contribution in [0.1, 0.15) is 24.5 Å². The lowest BCUT2D eigenvalue weighted by molar-refractivity contribution is -0.138. The Morgan fingerprint density at radius 3 is 2.30 bits per heavy atom. The second kappa shape index (κ2) is 7.65. The third-order valence-corrected chi connectivity index (χ3v) is 3.51. The van der Waals surface area contributed by atoms with Gasteiger partial charge in [0.05, 0.1) is 31.4 Å². The number of nitrogens with one attached hydrogen (secondary N) is 1. The highest BCUT2D eigenvalue weighted by Crippen LogP contribution is 2.37. The van der Waals surface area contributed by atoms with Crippen molar-refractivity contribution in [2.24, 2.45) is 0 Å². The summed E-state index contributed by atoms with van der Waals surface area (Å²) in [6.07, 6.45) is -4.33. The Balaban J connectivity index is 2.98. The minimum Gasteiger partial charge on any atom is -0.496 e. The van der Waals surface area contributed by atoms with Crippen LogP contribution in [-0.2, 0) is 17.4 Å². The Morgan fingerprint density at radius 1 is 1.26 bits per heavy atom. The molecule has 0 saturated carbocycles. The molecule has 8 heteroatoms. The van der Waals surface area contributed by atoms with Crippen molar-refractivity contribution in [3.63, 3.8) is 0 Å². The molecule has 0 aromatic heterocycles. The number of aliphatic hydroxyl groups excluding tert-OH is 2. The molecule has 3 N–H and O–H groups in total. The molecule has 0 atom stereocenters. The molecule has 0 heterocycles. The van der Waals surface area contributed by atoms with Crippen molar-refractivity contribution in [3.05, 3.63) is 29.3 Å². The van der Waals surface area contributed by atoms with Gasteiger partial charge in [-0.15, -0.1) is 0 Å². The minimum atomic E-state index is -4.55. The number of benzene rings is 1. The summed E-state index contributed by atoms with van der Waals surface area (Å²) in [5.41, 5.74) is -1.81. The number of aliphatic hydroxyl groups is 2. The number of halogens is 3. The van der Waals surface area contributed by atoms with E-state index in [1.165, 1.54) is 19.1 Å². The summed E-state index contributed by atoms with van der Waals surface area (Å²) in [5, 5.41) is 21.2. The monoisotopic (exact) mass is 335 g/mol. The van der Waals surface area contributed by atoms with E-state index >= 15 is 0 Å². The molecule has 0 spiro atoms. The third kappa shape index (κ3) is 5.11. The van der Waals surface area contributed by atoms with Crippen LogP contribution in [0.5, 0.6) is 5.75 Å². The second-order valence-electron chi connectivity index (χ2n) is 5.31. The molecule has 0 aliphatic heterocycles. The number of carbonyl (C=O) groups excluding carboxylic acids is 1. The summed E-state index contributed by atoms with van der Waals surface area (Å²) in [6, 6.07) is 3.66. The molecule has 0 radical (unpaired) electrons. The van der Waals surface area contributed by atoms with Gasteiger partial charge in [0.25, 0.3) is 0 Å². The zero-order valence-corrected chi connectivity index (χ0v) is 12.9. The first kappa shape index (κ1) is 19.2. The molecule has 1 aromatic rings. The molecule has 0 aliphatic rings. The summed E-state index contributed by atoms with van der Waals surface area (Å²) in [5.74, 6) is -0.725. The average Bonchev–Trinajstić information content (AvgIpc) is 2.50. The lowest BCUT2D eigenvalue weighted by Gasteiger charge is -2.30. The van der Waals surface area contributed by atoms with E-state index in [1.807, 2.05) is 0 Å². The van der Waals surface area contributed by atoms with Gasteiger partial charge in [-0.1, -0.05) is 6.07 Å². The number of hydrogen-bond acceptors (Lipinski definition) is 4. The van der Waals surface area contributed by atoms with Crippen LogP contribution in [0.15, 0.2) is 18.2 Å². The summed E-state index contributed by atoms with van der Waals surface area (Å²) in [6.45, 7) is 0.186. The van der Waals surface area contributed by atoms with Crippen molar-refractivity contribution >= 4 is 5.91 Å². The summed E-state index contributed by atoms with van der Waals surface area (Å²) in [4.78, 5) is 11.2. The van der Waals surface area contributed by atoms with Crippen LogP contribution in [0.2, 0.25) is 0 Å². The molecule has 23 heavy (non-hydrogen) atoms. The molecular weight excluding hydrogens is 315 g/mol. The number of carbonyl (C=O) groups is 1. The lowest BCUT2D eigenvalue weighted by atomic mass is 9.92. The Kier molecular flexibility index (Phi) is 6.40. The number of ether oxygens (including phenoxy) is 1. The van der Waals surface area contributed by atoms with Gasteiger partial charge in [-0.3, -0.25) is 4.79 Å². The Morgan fingerprint density at radius 2 is 1.87 bits per heavy atom. The van der Waals surface area contributed by atoms with E-state index in [-0.39, 0.29) is 18.6 Å². The van der Waals surface area contributed by atoms with E-state index in [1.54, 1.807) is 0 Å². The quantitative estimate of drug-likeness (QED) is 0.706. The molecule has 1 rings (SSSR count). The van der Waals surface area contributed by atoms with E-state index in [4.69, 9.17) is 4.74 Å². The first-order chi connectivity index (χ1) is 10.7. The number of rotatable bonds is 7. The smallest absolute Gasteiger partial charge is 0.419 e. The molecule has 1 aromatic carbocycles. The topological polar surface area (TPSA) is 78.8 Å². The molecule has 0 unspecified atom stereocenters. The van der Waals surface area contributed by atoms with Crippen LogP contribution in [0.4, 0.5) is 13.2 Å². The molecule has 0 saturated heterocycles. The van der Waals surface area contributed by atoms with Crippen molar-refractivity contribution in [2.45, 2.75) is 31.5 Å². The first-order valence-corrected chi connectivity index (χ1v) is 6.92. The van der Waals surface area contributed by atoms with Gasteiger partial charge in [0, 0.05) is 6.92 Å². The van der Waals surface area contributed by atoms with Crippen LogP contribution >= 0.6 is 0 Å². The van der Waals surface area contributed by atoms with Crippen LogP contribution in [0.25, 0.3) is 0 Å². The second-order valence-corrected chi connectivity index (χ2v) is 5.31. The zero-order valence-electron chi connectivity index (χ0n) is 12.9. The van der Waals surface area contributed by atoms with Gasteiger partial charge in [-0.2, -0.15) is 13.2 Å². The van der Waals surface area contributed by atoms with E-state index in [9.17, 15) is 28.2 Å². The van der Waals surface area contributed by atoms with Crippen LogP contribution in [-0.4, -0.2) is 42.0 Å². The number of alkyl halides is 3. The van der Waals surface area contributed by atoms with Crippen molar-refractivity contribution < 1.29 is 32.9 Å². The largest absolute Gasteiger partial charge is 0.496 e. The Bertz CT molecular complexity index is 542. The Labute approximate surface area is 132 Å². The van der Waals surface area contributed by atoms with E-state index in [2.05, 4.69) is 5.32 Å². The fourth-order valence-electron chi connectivity index (χ4n) is 2.24. The van der Waals surface area contributed by atoms with Crippen molar-refractivity contribution in [1.29, 1.82) is 0 Å². The number of aryl methyl sites for hydroxylation is 1. The van der Waals surface area contributed by atoms with Gasteiger partial charge in [-0.25, -0.2) is 0 Å². The summed E-state index contributed by atoms with van der Waals surface area (Å²) in [7, 11) is 1.16. The van der Waals surface area contributed by atoms with Gasteiger partial charge in [0.15, 0.2) is 0 Å². The molecule has 0 fully saturated rings. The maximum Gasteiger partial charge on any atom is 0.419 e. The summed E-state index contributed by atoms with van der Waals surface area (Å²) < 4.78 is 43.6. The standard InChI is InChI=1S/C15H20F3NO4/c1-10(22)19-14(8-20,9-21)6-5-11-3-4-13(23-2)12(7-11)15(16,17)18/h3-4,7,20-21H,5-6,8-9H2,1-2H3,(H,19,22). The average molecular weight is 335 g/mol. The number of hydrogen-bond donors (Lipinski definition) is 3. The van der Waals surface area contributed by atoms with Gasteiger partial charge in [0.1, 0.15) is 5.75 Å². The predicted octanol–water partition coefficient (Wildman–Crippen LogP) is 1.51. The highest BCUT2D eigenvalue weighted by atomic mass is 19.4. The predicted molar refractivity (Wildman–Crippen MR) is 77.0 cm³/mol. The van der Waals surface area contributed by atoms with Crippen LogP contribution in [0, 0.1) is 0 Å². The van der Waals surface area contributed by atoms with Gasteiger partial charge in [0.2, 0.25) is 5.91 Å². The number of methoxy groups -OCH3 is 1. The molecular formula is C15H20F3NO4. The van der Waals surface area contributed by atoms with Crippen LogP contribution < -0.4 is 10.1 Å². The van der Waals surface area contributed by atoms with Gasteiger partial charge >= 0.3 is 6.18 Å². The maximum absolute atomic E-state index is 13.0. The normalized spacial score (nSPS) is 12.1. The lowest BCUT2D eigenvalue weighted by Crippen LogP contribution is -2.53. The molecule has 1 amide bonds. The van der Waals surface area contributed by atoms with Gasteiger partial charge < -0.3 is 20.3 Å². The van der Waals surface area contributed by atoms with Crippen molar-refractivity contribution in [1.82, 2.24) is 5.32 Å². The maximum atomic E-state index is 13.0. The van der Waals surface area contributed by atoms with E-state index < -0.39 is 36.4 Å². The van der Waals surface area contributed by atoms with Crippen molar-refractivity contribution in [3.8, 4) is 5.75 Å². The first-order valence-electron chi connectivity index (χ1n) is 6.92. The SMILES string of the molecule is COc1ccc(CCC(CO)(CO)NC(C)=O)cc1C(F)(F)F. The molecule has 0 bridgehead atoms. The van der Waals surface area contributed by atoms with E-state index in [0.717, 1.165) is 13.2 Å². The third-order valence-electron chi connectivity index (χ3n) is 3.51. The molecule has 0 aliphatic carbocycles. The number of amides is 1. The van der Waals surface area contributed by atoms with E-state index in [0.29, 0.717) is 5.56 Å². The highest BCUT2D eigenvalue weighted by molar-refractivity contribution is 5.73. The molecule has 5 nitrogen and oxygen atoms in total. The Hall–Kier alpha value is -1.80. The van der Waals surface area contributed by atoms with Crippen LogP contribution in [0.3, 0.4) is 0 Å².